The Kier molecular flexibility index (Phi) is 1.06. The Hall–Kier alpha value is -1.64. The standard InChI is InChI=1S/C8H7NO2/c1-5-10-7-3-2-6(9)4-8(7)11-5/h2-4H,1,9H2. The van der Waals surface area contributed by atoms with Crippen LogP contribution in [0.1, 0.15) is 0 Å². The van der Waals surface area contributed by atoms with Gasteiger partial charge in [-0.3, -0.25) is 0 Å². The van der Waals surface area contributed by atoms with Crippen LogP contribution >= 0.6 is 0 Å². The lowest BCUT2D eigenvalue weighted by Gasteiger charge is -1.94. The van der Waals surface area contributed by atoms with Crippen LogP contribution in [0, 0.1) is 0 Å². The van der Waals surface area contributed by atoms with E-state index in [9.17, 15) is 0 Å². The summed E-state index contributed by atoms with van der Waals surface area (Å²) >= 11 is 0. The maximum absolute atomic E-state index is 5.51. The summed E-state index contributed by atoms with van der Waals surface area (Å²) in [7, 11) is 0. The zero-order chi connectivity index (χ0) is 7.84. The summed E-state index contributed by atoms with van der Waals surface area (Å²) in [5.41, 5.74) is 6.17. The molecule has 0 aromatic heterocycles. The van der Waals surface area contributed by atoms with Gasteiger partial charge in [-0.1, -0.05) is 0 Å². The minimum atomic E-state index is 0.297. The molecule has 1 heterocycles. The number of nitrogen functional groups attached to an aromatic ring is 1. The van der Waals surface area contributed by atoms with Gasteiger partial charge in [-0.05, 0) is 18.7 Å². The second kappa shape index (κ2) is 1.92. The summed E-state index contributed by atoms with van der Waals surface area (Å²) in [6, 6.07) is 5.21. The van der Waals surface area contributed by atoms with E-state index >= 15 is 0 Å². The number of hydrogen-bond acceptors (Lipinski definition) is 3. The highest BCUT2D eigenvalue weighted by Crippen LogP contribution is 2.36. The molecule has 0 unspecified atom stereocenters. The highest BCUT2D eigenvalue weighted by molar-refractivity contribution is 5.54. The second-order valence-electron chi connectivity index (χ2n) is 2.28. The number of nitrogens with two attached hydrogens (primary N) is 1. The Bertz CT molecular complexity index is 320. The molecule has 0 bridgehead atoms. The zero-order valence-corrected chi connectivity index (χ0v) is 5.83. The van der Waals surface area contributed by atoms with Crippen LogP contribution in [0.2, 0.25) is 0 Å². The summed E-state index contributed by atoms with van der Waals surface area (Å²) in [6.07, 6.45) is 0. The summed E-state index contributed by atoms with van der Waals surface area (Å²) < 4.78 is 10.2. The van der Waals surface area contributed by atoms with Gasteiger partial charge >= 0.3 is 0 Å². The summed E-state index contributed by atoms with van der Waals surface area (Å²) in [6.45, 7) is 3.51. The van der Waals surface area contributed by atoms with E-state index in [0.717, 1.165) is 0 Å². The van der Waals surface area contributed by atoms with E-state index in [2.05, 4.69) is 6.58 Å². The highest BCUT2D eigenvalue weighted by Gasteiger charge is 2.16. The lowest BCUT2D eigenvalue weighted by atomic mass is 10.3. The molecule has 2 N–H and O–H groups in total. The van der Waals surface area contributed by atoms with Crippen molar-refractivity contribution in [1.82, 2.24) is 0 Å². The molecule has 0 saturated carbocycles. The van der Waals surface area contributed by atoms with Gasteiger partial charge in [0.05, 0.1) is 0 Å². The van der Waals surface area contributed by atoms with Crippen molar-refractivity contribution in [2.75, 3.05) is 5.73 Å². The van der Waals surface area contributed by atoms with E-state index in [1.807, 2.05) is 0 Å². The fraction of sp³-hybridized carbons (Fsp3) is 0. The third-order valence-electron chi connectivity index (χ3n) is 1.42. The SMILES string of the molecule is C=C1Oc2ccc(N)cc2O1. The molecule has 0 amide bonds. The number of anilines is 1. The monoisotopic (exact) mass is 149 g/mol. The molecule has 1 aromatic carbocycles. The maximum Gasteiger partial charge on any atom is 0.282 e. The molecule has 56 valence electrons. The van der Waals surface area contributed by atoms with Crippen molar-refractivity contribution in [3.8, 4) is 11.5 Å². The first-order valence-electron chi connectivity index (χ1n) is 3.20. The van der Waals surface area contributed by atoms with Crippen LogP contribution in [0.15, 0.2) is 30.7 Å². The van der Waals surface area contributed by atoms with Crippen LogP contribution < -0.4 is 15.2 Å². The van der Waals surface area contributed by atoms with Crippen molar-refractivity contribution in [2.45, 2.75) is 0 Å². The lowest BCUT2D eigenvalue weighted by molar-refractivity contribution is 0.290. The Morgan fingerprint density at radius 2 is 1.91 bits per heavy atom. The van der Waals surface area contributed by atoms with E-state index in [0.29, 0.717) is 23.1 Å². The molecule has 1 aliphatic rings. The molecule has 2 rings (SSSR count). The quantitative estimate of drug-likeness (QED) is 0.568. The number of rotatable bonds is 0. The van der Waals surface area contributed by atoms with Crippen molar-refractivity contribution in [2.24, 2.45) is 0 Å². The van der Waals surface area contributed by atoms with Crippen molar-refractivity contribution in [1.29, 1.82) is 0 Å². The maximum atomic E-state index is 5.51. The fourth-order valence-corrected chi connectivity index (χ4v) is 0.955. The van der Waals surface area contributed by atoms with Gasteiger partial charge in [-0.25, -0.2) is 0 Å². The van der Waals surface area contributed by atoms with Gasteiger partial charge in [0.2, 0.25) is 0 Å². The van der Waals surface area contributed by atoms with Crippen LogP contribution in [-0.4, -0.2) is 0 Å². The Labute approximate surface area is 64.0 Å². The molecule has 1 aliphatic heterocycles. The molecule has 0 fully saturated rings. The first kappa shape index (κ1) is 6.09. The van der Waals surface area contributed by atoms with E-state index in [1.54, 1.807) is 18.2 Å². The Balaban J connectivity index is 2.51. The number of hydrogen-bond donors (Lipinski definition) is 1. The fourth-order valence-electron chi connectivity index (χ4n) is 0.955. The van der Waals surface area contributed by atoms with Crippen LogP contribution in [-0.2, 0) is 0 Å². The third-order valence-corrected chi connectivity index (χ3v) is 1.42. The van der Waals surface area contributed by atoms with Crippen molar-refractivity contribution < 1.29 is 9.47 Å². The molecular formula is C8H7NO2. The van der Waals surface area contributed by atoms with E-state index in [1.165, 1.54) is 0 Å². The molecule has 3 heteroatoms. The summed E-state index contributed by atoms with van der Waals surface area (Å²) in [5.74, 6) is 1.60. The largest absolute Gasteiger partial charge is 0.422 e. The highest BCUT2D eigenvalue weighted by atomic mass is 16.7. The average molecular weight is 149 g/mol. The zero-order valence-electron chi connectivity index (χ0n) is 5.83. The van der Waals surface area contributed by atoms with Gasteiger partial charge in [-0.2, -0.15) is 0 Å². The second-order valence-corrected chi connectivity index (χ2v) is 2.28. The van der Waals surface area contributed by atoms with Gasteiger partial charge in [0, 0.05) is 11.8 Å². The van der Waals surface area contributed by atoms with E-state index in [-0.39, 0.29) is 0 Å². The van der Waals surface area contributed by atoms with Gasteiger partial charge in [0.15, 0.2) is 11.5 Å². The predicted molar refractivity (Wildman–Crippen MR) is 41.3 cm³/mol. The molecule has 0 saturated heterocycles. The molecule has 1 aromatic rings. The molecule has 0 atom stereocenters. The van der Waals surface area contributed by atoms with Crippen LogP contribution in [0.25, 0.3) is 0 Å². The van der Waals surface area contributed by atoms with Crippen molar-refractivity contribution in [3.05, 3.63) is 30.7 Å². The first-order valence-corrected chi connectivity index (χ1v) is 3.20. The molecule has 0 spiro atoms. The smallest absolute Gasteiger partial charge is 0.282 e. The lowest BCUT2D eigenvalue weighted by Crippen LogP contribution is -1.88. The number of ether oxygens (including phenoxy) is 2. The summed E-state index contributed by atoms with van der Waals surface area (Å²) in [4.78, 5) is 0. The van der Waals surface area contributed by atoms with Crippen molar-refractivity contribution in [3.63, 3.8) is 0 Å². The van der Waals surface area contributed by atoms with Gasteiger partial charge in [0.1, 0.15) is 0 Å². The van der Waals surface area contributed by atoms with Gasteiger partial charge in [-0.15, -0.1) is 0 Å². The minimum absolute atomic E-state index is 0.297. The van der Waals surface area contributed by atoms with Crippen LogP contribution in [0.3, 0.4) is 0 Å². The average Bonchev–Trinajstić information content (AvgIpc) is 2.27. The van der Waals surface area contributed by atoms with Crippen molar-refractivity contribution >= 4 is 5.69 Å². The normalized spacial score (nSPS) is 13.6. The van der Waals surface area contributed by atoms with Gasteiger partial charge < -0.3 is 15.2 Å². The van der Waals surface area contributed by atoms with Gasteiger partial charge in [0.25, 0.3) is 5.95 Å². The molecule has 0 aliphatic carbocycles. The van der Waals surface area contributed by atoms with E-state index in [4.69, 9.17) is 15.2 Å². The molecule has 0 radical (unpaired) electrons. The Morgan fingerprint density at radius 1 is 1.18 bits per heavy atom. The van der Waals surface area contributed by atoms with Crippen LogP contribution in [0.5, 0.6) is 11.5 Å². The van der Waals surface area contributed by atoms with Crippen LogP contribution in [0.4, 0.5) is 5.69 Å². The molecule has 11 heavy (non-hydrogen) atoms. The number of benzene rings is 1. The third kappa shape index (κ3) is 0.902. The molecular weight excluding hydrogens is 142 g/mol. The first-order chi connectivity index (χ1) is 5.25. The Morgan fingerprint density at radius 3 is 2.73 bits per heavy atom. The summed E-state index contributed by atoms with van der Waals surface area (Å²) in [5, 5.41) is 0. The topological polar surface area (TPSA) is 44.5 Å². The minimum Gasteiger partial charge on any atom is -0.422 e. The molecule has 3 nitrogen and oxygen atoms in total. The predicted octanol–water partition coefficient (Wildman–Crippen LogP) is 1.51. The number of fused-ring (bicyclic) bond motifs is 1. The van der Waals surface area contributed by atoms with E-state index < -0.39 is 0 Å².